The van der Waals surface area contributed by atoms with Crippen molar-refractivity contribution in [2.45, 2.75) is 33.2 Å². The monoisotopic (exact) mass is 402 g/mol. The van der Waals surface area contributed by atoms with E-state index in [4.69, 9.17) is 13.9 Å². The van der Waals surface area contributed by atoms with Gasteiger partial charge < -0.3 is 13.9 Å². The van der Waals surface area contributed by atoms with Gasteiger partial charge in [0, 0.05) is 29.8 Å². The van der Waals surface area contributed by atoms with E-state index in [9.17, 15) is 14.4 Å². The van der Waals surface area contributed by atoms with E-state index in [0.29, 0.717) is 24.4 Å². The maximum absolute atomic E-state index is 12.0. The number of fused-ring (bicyclic) bond motifs is 1. The molecule has 0 bridgehead atoms. The Morgan fingerprint density at radius 2 is 1.86 bits per heavy atom. The molecule has 0 saturated carbocycles. The molecule has 0 unspecified atom stereocenters. The average molecular weight is 402 g/mol. The number of likely N-dealkylation sites (tertiary alicyclic amines) is 1. The van der Waals surface area contributed by atoms with Gasteiger partial charge in [-0.05, 0) is 57.5 Å². The van der Waals surface area contributed by atoms with Gasteiger partial charge in [0.25, 0.3) is 0 Å². The summed E-state index contributed by atoms with van der Waals surface area (Å²) in [6, 6.07) is 6.68. The third kappa shape index (κ3) is 5.35. The number of amides is 1. The number of hydrogen-bond acceptors (Lipinski definition) is 7. The number of esters is 1. The van der Waals surface area contributed by atoms with E-state index in [-0.39, 0.29) is 18.5 Å². The summed E-state index contributed by atoms with van der Waals surface area (Å²) >= 11 is 0. The van der Waals surface area contributed by atoms with Gasteiger partial charge in [-0.2, -0.15) is 0 Å². The molecule has 156 valence electrons. The van der Waals surface area contributed by atoms with Crippen LogP contribution in [0.15, 0.2) is 33.5 Å². The lowest BCUT2D eigenvalue weighted by atomic mass is 9.96. The summed E-state index contributed by atoms with van der Waals surface area (Å²) in [6.07, 6.45) is 0.923. The minimum absolute atomic E-state index is 0.0553. The summed E-state index contributed by atoms with van der Waals surface area (Å²) in [5.41, 5.74) is 1.31. The van der Waals surface area contributed by atoms with Crippen LogP contribution < -0.4 is 10.9 Å². The highest BCUT2D eigenvalue weighted by molar-refractivity contribution is 5.90. The van der Waals surface area contributed by atoms with Crippen molar-refractivity contribution in [2.24, 2.45) is 5.92 Å². The SMILES string of the molecule is CCOC(=O)Nc1ccc2c(CN3CCC(C(=O)OCC)CC3)cc(=O)oc2c1. The van der Waals surface area contributed by atoms with E-state index in [0.717, 1.165) is 36.9 Å². The standard InChI is InChI=1S/C21H26N2O6/c1-3-27-20(25)14-7-9-23(10-8-14)13-15-11-19(24)29-18-12-16(5-6-17(15)18)22-21(26)28-4-2/h5-6,11-12,14H,3-4,7-10,13H2,1-2H3,(H,22,26). The fraction of sp³-hybridized carbons (Fsp3) is 0.476. The van der Waals surface area contributed by atoms with Gasteiger partial charge in [-0.25, -0.2) is 9.59 Å². The van der Waals surface area contributed by atoms with Crippen LogP contribution in [-0.4, -0.2) is 43.3 Å². The summed E-state index contributed by atoms with van der Waals surface area (Å²) in [7, 11) is 0. The van der Waals surface area contributed by atoms with Crippen LogP contribution in [0.4, 0.5) is 10.5 Å². The van der Waals surface area contributed by atoms with Crippen LogP contribution in [0.25, 0.3) is 11.0 Å². The number of piperidine rings is 1. The molecule has 1 amide bonds. The zero-order chi connectivity index (χ0) is 20.8. The summed E-state index contributed by atoms with van der Waals surface area (Å²) < 4.78 is 15.3. The minimum Gasteiger partial charge on any atom is -0.466 e. The Bertz CT molecular complexity index is 930. The van der Waals surface area contributed by atoms with Crippen LogP contribution in [0.1, 0.15) is 32.3 Å². The first-order valence-electron chi connectivity index (χ1n) is 9.89. The Balaban J connectivity index is 1.72. The van der Waals surface area contributed by atoms with Gasteiger partial charge in [-0.3, -0.25) is 15.0 Å². The molecular weight excluding hydrogens is 376 g/mol. The van der Waals surface area contributed by atoms with Gasteiger partial charge in [0.15, 0.2) is 0 Å². The van der Waals surface area contributed by atoms with Crippen molar-refractivity contribution < 1.29 is 23.5 Å². The lowest BCUT2D eigenvalue weighted by molar-refractivity contribution is -0.149. The third-order valence-electron chi connectivity index (χ3n) is 4.95. The Morgan fingerprint density at radius 3 is 2.55 bits per heavy atom. The maximum atomic E-state index is 12.0. The minimum atomic E-state index is -0.560. The Morgan fingerprint density at radius 1 is 1.14 bits per heavy atom. The first kappa shape index (κ1) is 20.9. The lowest BCUT2D eigenvalue weighted by Crippen LogP contribution is -2.36. The summed E-state index contributed by atoms with van der Waals surface area (Å²) in [5, 5.41) is 3.42. The molecular formula is C21H26N2O6. The smallest absolute Gasteiger partial charge is 0.411 e. The zero-order valence-electron chi connectivity index (χ0n) is 16.7. The maximum Gasteiger partial charge on any atom is 0.411 e. The van der Waals surface area contributed by atoms with Crippen molar-refractivity contribution >= 4 is 28.7 Å². The van der Waals surface area contributed by atoms with Crippen LogP contribution in [-0.2, 0) is 20.8 Å². The van der Waals surface area contributed by atoms with Crippen molar-refractivity contribution in [3.8, 4) is 0 Å². The van der Waals surface area contributed by atoms with Gasteiger partial charge in [-0.1, -0.05) is 0 Å². The van der Waals surface area contributed by atoms with Crippen LogP contribution in [0.3, 0.4) is 0 Å². The van der Waals surface area contributed by atoms with Crippen molar-refractivity contribution in [1.29, 1.82) is 0 Å². The predicted octanol–water partition coefficient (Wildman–Crippen LogP) is 3.14. The van der Waals surface area contributed by atoms with Gasteiger partial charge in [0.05, 0.1) is 19.1 Å². The zero-order valence-corrected chi connectivity index (χ0v) is 16.7. The fourth-order valence-electron chi connectivity index (χ4n) is 3.55. The topological polar surface area (TPSA) is 98.1 Å². The van der Waals surface area contributed by atoms with Gasteiger partial charge in [0.1, 0.15) is 5.58 Å². The second kappa shape index (κ2) is 9.56. The molecule has 3 rings (SSSR count). The molecule has 1 N–H and O–H groups in total. The first-order chi connectivity index (χ1) is 14.0. The van der Waals surface area contributed by atoms with Crippen LogP contribution in [0.5, 0.6) is 0 Å². The number of carbonyl (C=O) groups excluding carboxylic acids is 2. The van der Waals surface area contributed by atoms with Crippen LogP contribution in [0.2, 0.25) is 0 Å². The third-order valence-corrected chi connectivity index (χ3v) is 4.95. The second-order valence-corrected chi connectivity index (χ2v) is 6.95. The fourth-order valence-corrected chi connectivity index (χ4v) is 3.55. The molecule has 8 heteroatoms. The Hall–Kier alpha value is -2.87. The van der Waals surface area contributed by atoms with E-state index in [1.807, 2.05) is 13.0 Å². The summed E-state index contributed by atoms with van der Waals surface area (Å²) in [4.78, 5) is 37.7. The van der Waals surface area contributed by atoms with Gasteiger partial charge in [-0.15, -0.1) is 0 Å². The number of benzene rings is 1. The second-order valence-electron chi connectivity index (χ2n) is 6.95. The molecule has 1 aromatic heterocycles. The average Bonchev–Trinajstić information content (AvgIpc) is 2.68. The molecule has 1 aliphatic heterocycles. The highest BCUT2D eigenvalue weighted by Gasteiger charge is 2.26. The number of carbonyl (C=O) groups is 2. The van der Waals surface area contributed by atoms with E-state index in [2.05, 4.69) is 10.2 Å². The molecule has 1 fully saturated rings. The molecule has 1 saturated heterocycles. The van der Waals surface area contributed by atoms with Crippen molar-refractivity contribution in [3.63, 3.8) is 0 Å². The van der Waals surface area contributed by atoms with Crippen molar-refractivity contribution in [2.75, 3.05) is 31.6 Å². The number of rotatable bonds is 6. The highest BCUT2D eigenvalue weighted by atomic mass is 16.5. The van der Waals surface area contributed by atoms with Crippen molar-refractivity contribution in [1.82, 2.24) is 4.90 Å². The Labute approximate surface area is 168 Å². The Kier molecular flexibility index (Phi) is 6.87. The van der Waals surface area contributed by atoms with E-state index < -0.39 is 11.7 Å². The molecule has 29 heavy (non-hydrogen) atoms. The quantitative estimate of drug-likeness (QED) is 0.585. The molecule has 0 spiro atoms. The number of ether oxygens (including phenoxy) is 2. The lowest BCUT2D eigenvalue weighted by Gasteiger charge is -2.30. The molecule has 0 atom stereocenters. The van der Waals surface area contributed by atoms with Crippen LogP contribution in [0, 0.1) is 5.92 Å². The molecule has 1 aromatic carbocycles. The molecule has 0 aliphatic carbocycles. The first-order valence-corrected chi connectivity index (χ1v) is 9.89. The van der Waals surface area contributed by atoms with E-state index >= 15 is 0 Å². The number of nitrogens with zero attached hydrogens (tertiary/aromatic N) is 1. The molecule has 1 aliphatic rings. The summed E-state index contributed by atoms with van der Waals surface area (Å²) in [5.74, 6) is -0.181. The molecule has 2 aromatic rings. The van der Waals surface area contributed by atoms with E-state index in [1.165, 1.54) is 6.07 Å². The normalized spacial score (nSPS) is 15.2. The van der Waals surface area contributed by atoms with Crippen LogP contribution >= 0.6 is 0 Å². The van der Waals surface area contributed by atoms with Gasteiger partial charge >= 0.3 is 17.7 Å². The molecule has 2 heterocycles. The molecule has 8 nitrogen and oxygen atoms in total. The van der Waals surface area contributed by atoms with E-state index in [1.54, 1.807) is 19.1 Å². The largest absolute Gasteiger partial charge is 0.466 e. The number of nitrogens with one attached hydrogen (secondary N) is 1. The van der Waals surface area contributed by atoms with Gasteiger partial charge in [0.2, 0.25) is 0 Å². The van der Waals surface area contributed by atoms with Crippen molar-refractivity contribution in [3.05, 3.63) is 40.2 Å². The molecule has 0 radical (unpaired) electrons. The number of hydrogen-bond donors (Lipinski definition) is 1. The summed E-state index contributed by atoms with van der Waals surface area (Å²) in [6.45, 7) is 6.31. The highest BCUT2D eigenvalue weighted by Crippen LogP contribution is 2.25. The number of anilines is 1. The predicted molar refractivity (Wildman–Crippen MR) is 108 cm³/mol.